The van der Waals surface area contributed by atoms with E-state index in [4.69, 9.17) is 0 Å². The molecule has 0 bridgehead atoms. The van der Waals surface area contributed by atoms with E-state index in [1.165, 1.54) is 5.56 Å². The van der Waals surface area contributed by atoms with Crippen molar-refractivity contribution in [3.63, 3.8) is 0 Å². The molecule has 0 saturated carbocycles. The summed E-state index contributed by atoms with van der Waals surface area (Å²) in [5.74, 6) is 0.0268. The van der Waals surface area contributed by atoms with Gasteiger partial charge in [0.15, 0.2) is 9.84 Å². The Bertz CT molecular complexity index is 668. The summed E-state index contributed by atoms with van der Waals surface area (Å²) in [4.78, 5) is 14.0. The number of nitrogens with zero attached hydrogens (tertiary/aromatic N) is 1. The van der Waals surface area contributed by atoms with E-state index in [0.29, 0.717) is 19.5 Å². The van der Waals surface area contributed by atoms with Gasteiger partial charge in [-0.15, -0.1) is 0 Å². The van der Waals surface area contributed by atoms with E-state index >= 15 is 0 Å². The number of carbonyl (C=O) groups excluding carboxylic acids is 1. The van der Waals surface area contributed by atoms with Crippen LogP contribution in [0.25, 0.3) is 0 Å². The van der Waals surface area contributed by atoms with Crippen molar-refractivity contribution < 1.29 is 13.2 Å². The Balaban J connectivity index is 1.99. The van der Waals surface area contributed by atoms with Crippen LogP contribution in [0.2, 0.25) is 0 Å². The number of hydrogen-bond acceptors (Lipinski definition) is 3. The molecule has 0 spiro atoms. The molecule has 1 saturated heterocycles. The lowest BCUT2D eigenvalue weighted by molar-refractivity contribution is 0.199. The predicted molar refractivity (Wildman–Crippen MR) is 92.1 cm³/mol. The minimum Gasteiger partial charge on any atom is -0.334 e. The standard InChI is InChI=1S/C17H26N2O3S/c1-4-14-7-5-6-8-15(14)13-18-16(20)19-10-9-17(2,3)23(21,22)12-11-19/h5-8H,4,9-13H2,1-3H3,(H,18,20). The highest BCUT2D eigenvalue weighted by molar-refractivity contribution is 7.92. The van der Waals surface area contributed by atoms with E-state index in [1.54, 1.807) is 18.7 Å². The summed E-state index contributed by atoms with van der Waals surface area (Å²) in [5.41, 5.74) is 2.32. The lowest BCUT2D eigenvalue weighted by Crippen LogP contribution is -2.41. The number of amides is 2. The second-order valence-corrected chi connectivity index (χ2v) is 9.34. The maximum absolute atomic E-state index is 12.4. The molecule has 2 rings (SSSR count). The smallest absolute Gasteiger partial charge is 0.317 e. The molecule has 1 fully saturated rings. The number of nitrogens with one attached hydrogen (secondary N) is 1. The van der Waals surface area contributed by atoms with Gasteiger partial charge in [0.05, 0.1) is 10.5 Å². The molecule has 1 aromatic carbocycles. The highest BCUT2D eigenvalue weighted by atomic mass is 32.2. The molecule has 0 aromatic heterocycles. The number of rotatable bonds is 3. The molecule has 1 aliphatic heterocycles. The molecular weight excluding hydrogens is 312 g/mol. The van der Waals surface area contributed by atoms with E-state index in [0.717, 1.165) is 12.0 Å². The van der Waals surface area contributed by atoms with Crippen molar-refractivity contribution in [2.24, 2.45) is 0 Å². The average Bonchev–Trinajstić information content (AvgIpc) is 2.62. The first kappa shape index (κ1) is 17.8. The highest BCUT2D eigenvalue weighted by Gasteiger charge is 2.37. The molecule has 0 radical (unpaired) electrons. The van der Waals surface area contributed by atoms with Crippen LogP contribution in [0.4, 0.5) is 4.79 Å². The summed E-state index contributed by atoms with van der Waals surface area (Å²) in [6.45, 7) is 6.75. The van der Waals surface area contributed by atoms with Crippen molar-refractivity contribution in [2.75, 3.05) is 18.8 Å². The van der Waals surface area contributed by atoms with Crippen molar-refractivity contribution in [2.45, 2.75) is 44.9 Å². The Morgan fingerprint density at radius 2 is 1.87 bits per heavy atom. The van der Waals surface area contributed by atoms with Crippen LogP contribution >= 0.6 is 0 Å². The zero-order valence-electron chi connectivity index (χ0n) is 14.1. The maximum Gasteiger partial charge on any atom is 0.317 e. The molecule has 1 heterocycles. The van der Waals surface area contributed by atoms with Crippen LogP contribution in [-0.4, -0.2) is 42.9 Å². The topological polar surface area (TPSA) is 66.5 Å². The van der Waals surface area contributed by atoms with Gasteiger partial charge >= 0.3 is 6.03 Å². The summed E-state index contributed by atoms with van der Waals surface area (Å²) in [5, 5.41) is 2.92. The van der Waals surface area contributed by atoms with Crippen LogP contribution in [0.1, 0.15) is 38.3 Å². The van der Waals surface area contributed by atoms with E-state index in [9.17, 15) is 13.2 Å². The van der Waals surface area contributed by atoms with Crippen LogP contribution < -0.4 is 5.32 Å². The third-order valence-corrected chi connectivity index (χ3v) is 7.28. The lowest BCUT2D eigenvalue weighted by atomic mass is 10.1. The molecule has 128 valence electrons. The van der Waals surface area contributed by atoms with Gasteiger partial charge in [0.2, 0.25) is 0 Å². The Morgan fingerprint density at radius 3 is 2.52 bits per heavy atom. The predicted octanol–water partition coefficient (Wildman–Crippen LogP) is 2.36. The lowest BCUT2D eigenvalue weighted by Gasteiger charge is -2.23. The van der Waals surface area contributed by atoms with Crippen LogP contribution in [0, 0.1) is 0 Å². The molecule has 6 heteroatoms. The second kappa shape index (κ2) is 6.91. The van der Waals surface area contributed by atoms with Crippen molar-refractivity contribution in [1.29, 1.82) is 0 Å². The van der Waals surface area contributed by atoms with Crippen LogP contribution in [0.15, 0.2) is 24.3 Å². The van der Waals surface area contributed by atoms with Crippen molar-refractivity contribution >= 4 is 15.9 Å². The van der Waals surface area contributed by atoms with E-state index in [2.05, 4.69) is 18.3 Å². The number of urea groups is 1. The van der Waals surface area contributed by atoms with Gasteiger partial charge in [-0.05, 0) is 37.8 Å². The molecule has 1 aromatic rings. The van der Waals surface area contributed by atoms with Gasteiger partial charge in [0.25, 0.3) is 0 Å². The van der Waals surface area contributed by atoms with Gasteiger partial charge in [-0.2, -0.15) is 0 Å². The Morgan fingerprint density at radius 1 is 1.22 bits per heavy atom. The quantitative estimate of drug-likeness (QED) is 0.920. The normalized spacial score (nSPS) is 19.9. The largest absolute Gasteiger partial charge is 0.334 e. The number of carbonyl (C=O) groups is 1. The molecule has 0 aliphatic carbocycles. The first-order chi connectivity index (χ1) is 10.8. The van der Waals surface area contributed by atoms with Crippen LogP contribution in [0.5, 0.6) is 0 Å². The molecule has 1 aliphatic rings. The number of benzene rings is 1. The van der Waals surface area contributed by atoms with Gasteiger partial charge in [-0.3, -0.25) is 0 Å². The number of sulfone groups is 1. The molecule has 1 N–H and O–H groups in total. The van der Waals surface area contributed by atoms with Crippen LogP contribution in [-0.2, 0) is 22.8 Å². The van der Waals surface area contributed by atoms with Gasteiger partial charge in [0.1, 0.15) is 0 Å². The van der Waals surface area contributed by atoms with E-state index in [1.807, 2.05) is 18.2 Å². The van der Waals surface area contributed by atoms with Crippen molar-refractivity contribution in [3.05, 3.63) is 35.4 Å². The SMILES string of the molecule is CCc1ccccc1CNC(=O)N1CCC(C)(C)S(=O)(=O)CC1. The first-order valence-electron chi connectivity index (χ1n) is 8.08. The fourth-order valence-electron chi connectivity index (χ4n) is 2.74. The zero-order valence-corrected chi connectivity index (χ0v) is 14.9. The molecule has 0 atom stereocenters. The minimum absolute atomic E-state index is 0.0268. The van der Waals surface area contributed by atoms with E-state index < -0.39 is 14.6 Å². The Labute approximate surface area is 139 Å². The Hall–Kier alpha value is -1.56. The van der Waals surface area contributed by atoms with Gasteiger partial charge in [-0.25, -0.2) is 13.2 Å². The monoisotopic (exact) mass is 338 g/mol. The average molecular weight is 338 g/mol. The molecule has 23 heavy (non-hydrogen) atoms. The first-order valence-corrected chi connectivity index (χ1v) is 9.74. The molecule has 0 unspecified atom stereocenters. The summed E-state index contributed by atoms with van der Waals surface area (Å²) < 4.78 is 23.6. The van der Waals surface area contributed by atoms with Crippen molar-refractivity contribution in [1.82, 2.24) is 10.2 Å². The Kier molecular flexibility index (Phi) is 5.34. The summed E-state index contributed by atoms with van der Waals surface area (Å²) in [6, 6.07) is 7.83. The summed E-state index contributed by atoms with van der Waals surface area (Å²) in [7, 11) is -3.16. The van der Waals surface area contributed by atoms with Gasteiger partial charge in [0, 0.05) is 19.6 Å². The second-order valence-electron chi connectivity index (χ2n) is 6.60. The fourth-order valence-corrected chi connectivity index (χ4v) is 4.15. The van der Waals surface area contributed by atoms with E-state index in [-0.39, 0.29) is 18.3 Å². The number of aryl methyl sites for hydroxylation is 1. The third-order valence-electron chi connectivity index (χ3n) is 4.67. The minimum atomic E-state index is -3.16. The van der Waals surface area contributed by atoms with Gasteiger partial charge in [-0.1, -0.05) is 31.2 Å². The molecular formula is C17H26N2O3S. The fraction of sp³-hybridized carbons (Fsp3) is 0.588. The highest BCUT2D eigenvalue weighted by Crippen LogP contribution is 2.25. The maximum atomic E-state index is 12.4. The molecule has 5 nitrogen and oxygen atoms in total. The third kappa shape index (κ3) is 4.05. The summed E-state index contributed by atoms with van der Waals surface area (Å²) >= 11 is 0. The molecule has 2 amide bonds. The van der Waals surface area contributed by atoms with Gasteiger partial charge < -0.3 is 10.2 Å². The number of hydrogen-bond donors (Lipinski definition) is 1. The van der Waals surface area contributed by atoms with Crippen molar-refractivity contribution in [3.8, 4) is 0 Å². The summed E-state index contributed by atoms with van der Waals surface area (Å²) in [6.07, 6.45) is 1.39. The zero-order chi connectivity index (χ0) is 17.1. The van der Waals surface area contributed by atoms with Crippen LogP contribution in [0.3, 0.4) is 0 Å².